The van der Waals surface area contributed by atoms with Crippen LogP contribution in [0.4, 0.5) is 0 Å². The van der Waals surface area contributed by atoms with Crippen molar-refractivity contribution in [3.8, 4) is 0 Å². The quantitative estimate of drug-likeness (QED) is 0.910. The highest BCUT2D eigenvalue weighted by molar-refractivity contribution is 5.22. The lowest BCUT2D eigenvalue weighted by Gasteiger charge is -2.44. The first kappa shape index (κ1) is 15.1. The van der Waals surface area contributed by atoms with Crippen LogP contribution in [0.15, 0.2) is 24.3 Å². The van der Waals surface area contributed by atoms with Crippen molar-refractivity contribution in [2.45, 2.75) is 70.0 Å². The van der Waals surface area contributed by atoms with Crippen molar-refractivity contribution in [1.29, 1.82) is 0 Å². The minimum absolute atomic E-state index is 0.0927. The molecule has 1 aliphatic heterocycles. The lowest BCUT2D eigenvalue weighted by atomic mass is 9.74. The summed E-state index contributed by atoms with van der Waals surface area (Å²) in [6.07, 6.45) is 8.94. The molecule has 1 spiro atoms. The van der Waals surface area contributed by atoms with E-state index in [1.54, 1.807) is 0 Å². The van der Waals surface area contributed by atoms with Crippen molar-refractivity contribution < 1.29 is 9.84 Å². The van der Waals surface area contributed by atoms with Gasteiger partial charge < -0.3 is 9.84 Å². The van der Waals surface area contributed by atoms with E-state index in [1.165, 1.54) is 43.2 Å². The van der Waals surface area contributed by atoms with Crippen LogP contribution in [0.3, 0.4) is 0 Å². The first-order valence-electron chi connectivity index (χ1n) is 8.54. The number of aryl methyl sites for hydroxylation is 1. The van der Waals surface area contributed by atoms with E-state index in [0.717, 1.165) is 25.9 Å². The smallest absolute Gasteiger partial charge is 0.0686 e. The fourth-order valence-electron chi connectivity index (χ4n) is 4.07. The molecule has 1 aromatic carbocycles. The van der Waals surface area contributed by atoms with Gasteiger partial charge in [-0.2, -0.15) is 0 Å². The van der Waals surface area contributed by atoms with Gasteiger partial charge in [0.1, 0.15) is 0 Å². The van der Waals surface area contributed by atoms with Gasteiger partial charge in [0, 0.05) is 6.61 Å². The second-order valence-corrected chi connectivity index (χ2v) is 7.10. The minimum Gasteiger partial charge on any atom is -0.392 e. The number of ether oxygens (including phenoxy) is 1. The molecule has 1 aromatic rings. The molecule has 3 rings (SSSR count). The van der Waals surface area contributed by atoms with Crippen molar-refractivity contribution in [2.75, 3.05) is 6.61 Å². The molecule has 2 atom stereocenters. The van der Waals surface area contributed by atoms with Crippen molar-refractivity contribution >= 4 is 0 Å². The zero-order valence-corrected chi connectivity index (χ0v) is 13.2. The van der Waals surface area contributed by atoms with Gasteiger partial charge in [-0.15, -0.1) is 0 Å². The number of rotatable bonds is 3. The normalized spacial score (nSPS) is 26.7. The molecule has 1 saturated heterocycles. The van der Waals surface area contributed by atoms with Crippen LogP contribution < -0.4 is 0 Å². The third-order valence-electron chi connectivity index (χ3n) is 5.41. The van der Waals surface area contributed by atoms with Gasteiger partial charge in [0.25, 0.3) is 0 Å². The van der Waals surface area contributed by atoms with Gasteiger partial charge in [-0.05, 0) is 50.5 Å². The summed E-state index contributed by atoms with van der Waals surface area (Å²) in [7, 11) is 0. The SMILES string of the molecule is Cc1ccc(CC(O)C2CCOC3(CCCCC3)C2)cc1. The number of benzene rings is 1. The largest absolute Gasteiger partial charge is 0.392 e. The molecule has 2 fully saturated rings. The van der Waals surface area contributed by atoms with Gasteiger partial charge in [0.15, 0.2) is 0 Å². The highest BCUT2D eigenvalue weighted by Gasteiger charge is 2.40. The summed E-state index contributed by atoms with van der Waals surface area (Å²) >= 11 is 0. The summed E-state index contributed by atoms with van der Waals surface area (Å²) in [5.74, 6) is 0.401. The first-order chi connectivity index (χ1) is 10.2. The van der Waals surface area contributed by atoms with E-state index in [2.05, 4.69) is 31.2 Å². The van der Waals surface area contributed by atoms with Gasteiger partial charge >= 0.3 is 0 Å². The number of hydrogen-bond donors (Lipinski definition) is 1. The Morgan fingerprint density at radius 2 is 1.90 bits per heavy atom. The third kappa shape index (κ3) is 3.67. The van der Waals surface area contributed by atoms with Crippen LogP contribution in [0.5, 0.6) is 0 Å². The van der Waals surface area contributed by atoms with Gasteiger partial charge in [-0.3, -0.25) is 0 Å². The van der Waals surface area contributed by atoms with E-state index in [1.807, 2.05) is 0 Å². The van der Waals surface area contributed by atoms with Crippen LogP contribution >= 0.6 is 0 Å². The number of aliphatic hydroxyl groups is 1. The molecule has 0 aromatic heterocycles. The Kier molecular flexibility index (Phi) is 4.66. The van der Waals surface area contributed by atoms with Crippen LogP contribution in [0.2, 0.25) is 0 Å². The lowest BCUT2D eigenvalue weighted by Crippen LogP contribution is -2.44. The summed E-state index contributed by atoms with van der Waals surface area (Å²) in [5, 5.41) is 10.7. The van der Waals surface area contributed by atoms with Crippen LogP contribution in [0.25, 0.3) is 0 Å². The fourth-order valence-corrected chi connectivity index (χ4v) is 4.07. The van der Waals surface area contributed by atoms with E-state index < -0.39 is 0 Å². The predicted octanol–water partition coefficient (Wildman–Crippen LogP) is 4.03. The minimum atomic E-state index is -0.226. The predicted molar refractivity (Wildman–Crippen MR) is 85.4 cm³/mol. The highest BCUT2D eigenvalue weighted by Crippen LogP contribution is 2.41. The van der Waals surface area contributed by atoms with Crippen molar-refractivity contribution in [2.24, 2.45) is 5.92 Å². The van der Waals surface area contributed by atoms with Crippen molar-refractivity contribution in [1.82, 2.24) is 0 Å². The van der Waals surface area contributed by atoms with Crippen molar-refractivity contribution in [3.05, 3.63) is 35.4 Å². The fraction of sp³-hybridized carbons (Fsp3) is 0.684. The number of hydrogen-bond acceptors (Lipinski definition) is 2. The van der Waals surface area contributed by atoms with E-state index >= 15 is 0 Å². The first-order valence-corrected chi connectivity index (χ1v) is 8.54. The average Bonchev–Trinajstić information content (AvgIpc) is 2.50. The zero-order valence-electron chi connectivity index (χ0n) is 13.2. The molecule has 2 unspecified atom stereocenters. The summed E-state index contributed by atoms with van der Waals surface area (Å²) in [5.41, 5.74) is 2.62. The van der Waals surface area contributed by atoms with Crippen LogP contribution in [-0.4, -0.2) is 23.4 Å². The Morgan fingerprint density at radius 1 is 1.19 bits per heavy atom. The second kappa shape index (κ2) is 6.50. The van der Waals surface area contributed by atoms with Crippen LogP contribution in [0.1, 0.15) is 56.1 Å². The van der Waals surface area contributed by atoms with E-state index in [0.29, 0.717) is 5.92 Å². The lowest BCUT2D eigenvalue weighted by molar-refractivity contribution is -0.133. The van der Waals surface area contributed by atoms with Crippen LogP contribution in [0, 0.1) is 12.8 Å². The van der Waals surface area contributed by atoms with E-state index in [9.17, 15) is 5.11 Å². The Labute approximate surface area is 128 Å². The maximum atomic E-state index is 10.7. The third-order valence-corrected chi connectivity index (χ3v) is 5.41. The molecule has 2 aliphatic rings. The molecule has 0 bridgehead atoms. The molecule has 0 amide bonds. The Bertz CT molecular complexity index is 440. The second-order valence-electron chi connectivity index (χ2n) is 7.10. The Balaban J connectivity index is 1.61. The standard InChI is InChI=1S/C19H28O2/c1-15-5-7-16(8-6-15)13-18(20)17-9-12-21-19(14-17)10-3-2-4-11-19/h5-8,17-18,20H,2-4,9-14H2,1H3. The molecule has 21 heavy (non-hydrogen) atoms. The molecular weight excluding hydrogens is 260 g/mol. The Hall–Kier alpha value is -0.860. The van der Waals surface area contributed by atoms with Crippen LogP contribution in [-0.2, 0) is 11.2 Å². The monoisotopic (exact) mass is 288 g/mol. The topological polar surface area (TPSA) is 29.5 Å². The molecule has 1 saturated carbocycles. The molecular formula is C19H28O2. The van der Waals surface area contributed by atoms with E-state index in [4.69, 9.17) is 4.74 Å². The average molecular weight is 288 g/mol. The number of aliphatic hydroxyl groups excluding tert-OH is 1. The molecule has 116 valence electrons. The van der Waals surface area contributed by atoms with Gasteiger partial charge in [-0.25, -0.2) is 0 Å². The summed E-state index contributed by atoms with van der Waals surface area (Å²) < 4.78 is 6.14. The maximum Gasteiger partial charge on any atom is 0.0686 e. The highest BCUT2D eigenvalue weighted by atomic mass is 16.5. The zero-order chi connectivity index (χ0) is 14.7. The summed E-state index contributed by atoms with van der Waals surface area (Å²) in [6.45, 7) is 2.93. The van der Waals surface area contributed by atoms with Gasteiger partial charge in [0.2, 0.25) is 0 Å². The van der Waals surface area contributed by atoms with E-state index in [-0.39, 0.29) is 11.7 Å². The molecule has 1 heterocycles. The summed E-state index contributed by atoms with van der Waals surface area (Å²) in [4.78, 5) is 0. The molecule has 0 radical (unpaired) electrons. The molecule has 1 N–H and O–H groups in total. The molecule has 2 nitrogen and oxygen atoms in total. The Morgan fingerprint density at radius 3 is 2.62 bits per heavy atom. The maximum absolute atomic E-state index is 10.7. The van der Waals surface area contributed by atoms with Crippen molar-refractivity contribution in [3.63, 3.8) is 0 Å². The van der Waals surface area contributed by atoms with Gasteiger partial charge in [0.05, 0.1) is 11.7 Å². The van der Waals surface area contributed by atoms with Gasteiger partial charge in [-0.1, -0.05) is 49.1 Å². The summed E-state index contributed by atoms with van der Waals surface area (Å²) in [6, 6.07) is 8.56. The molecule has 2 heteroatoms. The molecule has 1 aliphatic carbocycles.